The molecule has 1 aromatic heterocycles. The van der Waals surface area contributed by atoms with Crippen molar-refractivity contribution in [3.05, 3.63) is 102 Å². The lowest BCUT2D eigenvalue weighted by molar-refractivity contribution is -0.127. The topological polar surface area (TPSA) is 54.3 Å². The fraction of sp³-hybridized carbons (Fsp3) is 0.241. The fourth-order valence-corrected chi connectivity index (χ4v) is 4.60. The van der Waals surface area contributed by atoms with Crippen molar-refractivity contribution in [2.24, 2.45) is 0 Å². The summed E-state index contributed by atoms with van der Waals surface area (Å²) in [6.07, 6.45) is 0.658. The minimum atomic E-state index is -0.667. The summed E-state index contributed by atoms with van der Waals surface area (Å²) in [5.41, 5.74) is 5.03. The van der Waals surface area contributed by atoms with Crippen molar-refractivity contribution in [1.29, 1.82) is 0 Å². The van der Waals surface area contributed by atoms with Gasteiger partial charge in [0.05, 0.1) is 6.42 Å². The van der Waals surface area contributed by atoms with E-state index in [2.05, 4.69) is 35.9 Å². The number of hydrogen-bond donors (Lipinski definition) is 1. The molecule has 4 rings (SSSR count). The first-order chi connectivity index (χ1) is 16.5. The molecule has 5 nitrogen and oxygen atoms in total. The Kier molecular flexibility index (Phi) is 7.12. The highest BCUT2D eigenvalue weighted by Crippen LogP contribution is 2.26. The van der Waals surface area contributed by atoms with Crippen LogP contribution in [-0.2, 0) is 29.0 Å². The van der Waals surface area contributed by atoms with Gasteiger partial charge in [-0.05, 0) is 43.2 Å². The quantitative estimate of drug-likeness (QED) is 0.412. The first-order valence-corrected chi connectivity index (χ1v) is 11.7. The zero-order valence-electron chi connectivity index (χ0n) is 20.0. The molecule has 174 valence electrons. The summed E-state index contributed by atoms with van der Waals surface area (Å²) >= 11 is 0. The standard InChI is InChI=1S/C29H31N3O2/c1-4-32-21(2)25(24-17-11-12-18-27(24)32)20-28(33)30-26(19-22-13-7-5-8-14-22)29(34)31(3)23-15-9-6-10-16-23/h5-18,26H,4,19-20H2,1-3H3,(H,30,33)/t26-/m0/s1. The Balaban J connectivity index is 1.59. The molecule has 0 aliphatic carbocycles. The van der Waals surface area contributed by atoms with E-state index in [1.807, 2.05) is 72.8 Å². The molecule has 0 radical (unpaired) electrons. The Morgan fingerprint density at radius 3 is 2.21 bits per heavy atom. The van der Waals surface area contributed by atoms with Gasteiger partial charge < -0.3 is 14.8 Å². The molecular formula is C29H31N3O2. The lowest BCUT2D eigenvalue weighted by atomic mass is 10.0. The number of aryl methyl sites for hydroxylation is 1. The first kappa shape index (κ1) is 23.3. The largest absolute Gasteiger partial charge is 0.345 e. The van der Waals surface area contributed by atoms with Crippen LogP contribution in [0.5, 0.6) is 0 Å². The van der Waals surface area contributed by atoms with Gasteiger partial charge in [0, 0.05) is 42.3 Å². The second-order valence-corrected chi connectivity index (χ2v) is 8.54. The average molecular weight is 454 g/mol. The molecule has 34 heavy (non-hydrogen) atoms. The van der Waals surface area contributed by atoms with Gasteiger partial charge in [-0.15, -0.1) is 0 Å². The number of nitrogens with zero attached hydrogens (tertiary/aromatic N) is 2. The number of hydrogen-bond acceptors (Lipinski definition) is 2. The molecule has 4 aromatic rings. The van der Waals surface area contributed by atoms with Crippen LogP contribution in [0.25, 0.3) is 10.9 Å². The predicted octanol–water partition coefficient (Wildman–Crippen LogP) is 4.90. The van der Waals surface area contributed by atoms with Crippen molar-refractivity contribution < 1.29 is 9.59 Å². The van der Waals surface area contributed by atoms with Crippen molar-refractivity contribution >= 4 is 28.4 Å². The van der Waals surface area contributed by atoms with Crippen molar-refractivity contribution in [2.75, 3.05) is 11.9 Å². The molecule has 2 amide bonds. The van der Waals surface area contributed by atoms with Gasteiger partial charge in [0.1, 0.15) is 6.04 Å². The van der Waals surface area contributed by atoms with Gasteiger partial charge in [0.25, 0.3) is 0 Å². The molecule has 0 aliphatic rings. The molecule has 5 heteroatoms. The molecule has 1 heterocycles. The zero-order valence-corrected chi connectivity index (χ0v) is 20.0. The summed E-state index contributed by atoms with van der Waals surface area (Å²) in [5.74, 6) is -0.297. The van der Waals surface area contributed by atoms with Crippen LogP contribution in [-0.4, -0.2) is 29.5 Å². The number of benzene rings is 3. The van der Waals surface area contributed by atoms with E-state index >= 15 is 0 Å². The number of nitrogens with one attached hydrogen (secondary N) is 1. The van der Waals surface area contributed by atoms with Crippen molar-refractivity contribution in [1.82, 2.24) is 9.88 Å². The molecule has 1 N–H and O–H groups in total. The number of carbonyl (C=O) groups is 2. The van der Waals surface area contributed by atoms with E-state index in [9.17, 15) is 9.59 Å². The zero-order chi connectivity index (χ0) is 24.1. The van der Waals surface area contributed by atoms with Crippen LogP contribution in [0.3, 0.4) is 0 Å². The molecule has 0 saturated heterocycles. The molecule has 0 aliphatic heterocycles. The van der Waals surface area contributed by atoms with Gasteiger partial charge in [0.15, 0.2) is 0 Å². The minimum absolute atomic E-state index is 0.142. The number of likely N-dealkylation sites (N-methyl/N-ethyl adjacent to an activating group) is 1. The highest BCUT2D eigenvalue weighted by atomic mass is 16.2. The van der Waals surface area contributed by atoms with Crippen LogP contribution in [0.1, 0.15) is 23.7 Å². The van der Waals surface area contributed by atoms with E-state index in [0.717, 1.165) is 40.0 Å². The molecule has 3 aromatic carbocycles. The third kappa shape index (κ3) is 4.88. The van der Waals surface area contributed by atoms with Gasteiger partial charge in [-0.2, -0.15) is 0 Å². The number of para-hydroxylation sites is 2. The maximum Gasteiger partial charge on any atom is 0.249 e. The maximum atomic E-state index is 13.5. The summed E-state index contributed by atoms with van der Waals surface area (Å²) in [4.78, 5) is 28.4. The molecule has 0 unspecified atom stereocenters. The first-order valence-electron chi connectivity index (χ1n) is 11.7. The Morgan fingerprint density at radius 1 is 0.912 bits per heavy atom. The number of aromatic nitrogens is 1. The highest BCUT2D eigenvalue weighted by Gasteiger charge is 2.26. The van der Waals surface area contributed by atoms with Crippen molar-refractivity contribution in [2.45, 2.75) is 39.3 Å². The summed E-state index contributed by atoms with van der Waals surface area (Å²) in [7, 11) is 1.75. The Hall–Kier alpha value is -3.86. The third-order valence-electron chi connectivity index (χ3n) is 6.41. The lowest BCUT2D eigenvalue weighted by Gasteiger charge is -2.25. The molecule has 0 spiro atoms. The normalized spacial score (nSPS) is 11.9. The van der Waals surface area contributed by atoms with E-state index < -0.39 is 6.04 Å². The second kappa shape index (κ2) is 10.4. The number of anilines is 1. The minimum Gasteiger partial charge on any atom is -0.345 e. The molecular weight excluding hydrogens is 422 g/mol. The number of fused-ring (bicyclic) bond motifs is 1. The smallest absolute Gasteiger partial charge is 0.249 e. The molecule has 0 fully saturated rings. The van der Waals surface area contributed by atoms with Gasteiger partial charge in [-0.3, -0.25) is 9.59 Å². The SMILES string of the molecule is CCn1c(C)c(CC(=O)N[C@@H](Cc2ccccc2)C(=O)N(C)c2ccccc2)c2ccccc21. The molecule has 1 atom stereocenters. The van der Waals surface area contributed by atoms with Gasteiger partial charge in [0.2, 0.25) is 11.8 Å². The summed E-state index contributed by atoms with van der Waals surface area (Å²) < 4.78 is 2.23. The van der Waals surface area contributed by atoms with Crippen LogP contribution in [0.2, 0.25) is 0 Å². The number of rotatable bonds is 8. The van der Waals surface area contributed by atoms with E-state index in [0.29, 0.717) is 6.42 Å². The maximum absolute atomic E-state index is 13.5. The monoisotopic (exact) mass is 453 g/mol. The fourth-order valence-electron chi connectivity index (χ4n) is 4.60. The average Bonchev–Trinajstić information content (AvgIpc) is 3.14. The van der Waals surface area contributed by atoms with E-state index in [1.165, 1.54) is 0 Å². The second-order valence-electron chi connectivity index (χ2n) is 8.54. The predicted molar refractivity (Wildman–Crippen MR) is 138 cm³/mol. The van der Waals surface area contributed by atoms with Crippen LogP contribution >= 0.6 is 0 Å². The summed E-state index contributed by atoms with van der Waals surface area (Å²) in [5, 5.41) is 4.13. The van der Waals surface area contributed by atoms with E-state index in [4.69, 9.17) is 0 Å². The number of amides is 2. The summed E-state index contributed by atoms with van der Waals surface area (Å²) in [6.45, 7) is 5.00. The van der Waals surface area contributed by atoms with Crippen LogP contribution in [0, 0.1) is 6.92 Å². The van der Waals surface area contributed by atoms with E-state index in [1.54, 1.807) is 11.9 Å². The third-order valence-corrected chi connectivity index (χ3v) is 6.41. The van der Waals surface area contributed by atoms with Crippen molar-refractivity contribution in [3.63, 3.8) is 0 Å². The van der Waals surface area contributed by atoms with Crippen LogP contribution in [0.15, 0.2) is 84.9 Å². The Morgan fingerprint density at radius 2 is 1.53 bits per heavy atom. The van der Waals surface area contributed by atoms with Crippen LogP contribution in [0.4, 0.5) is 5.69 Å². The highest BCUT2D eigenvalue weighted by molar-refractivity contribution is 5.99. The van der Waals surface area contributed by atoms with E-state index in [-0.39, 0.29) is 18.2 Å². The van der Waals surface area contributed by atoms with Crippen molar-refractivity contribution in [3.8, 4) is 0 Å². The lowest BCUT2D eigenvalue weighted by Crippen LogP contribution is -2.49. The number of carbonyl (C=O) groups excluding carboxylic acids is 2. The van der Waals surface area contributed by atoms with Gasteiger partial charge in [-0.1, -0.05) is 66.7 Å². The van der Waals surface area contributed by atoms with Gasteiger partial charge >= 0.3 is 0 Å². The van der Waals surface area contributed by atoms with Crippen LogP contribution < -0.4 is 10.2 Å². The Bertz CT molecular complexity index is 1280. The molecule has 0 bridgehead atoms. The Labute approximate surface area is 201 Å². The summed E-state index contributed by atoms with van der Waals surface area (Å²) in [6, 6.07) is 26.8. The molecule has 0 saturated carbocycles. The van der Waals surface area contributed by atoms with Gasteiger partial charge in [-0.25, -0.2) is 0 Å².